The number of esters is 1. The summed E-state index contributed by atoms with van der Waals surface area (Å²) in [7, 11) is -4.48. The second kappa shape index (κ2) is 10.4. The molecule has 0 aromatic heterocycles. The molecule has 1 aliphatic heterocycles. The number of benzene rings is 3. The average Bonchev–Trinajstić information content (AvgIpc) is 2.89. The summed E-state index contributed by atoms with van der Waals surface area (Å²) >= 11 is 0. The topological polar surface area (TPSA) is 82.1 Å². The van der Waals surface area contributed by atoms with E-state index in [1.165, 1.54) is 19.2 Å². The number of ether oxygens (including phenoxy) is 2. The zero-order valence-corrected chi connectivity index (χ0v) is 23.9. The van der Waals surface area contributed by atoms with Crippen molar-refractivity contribution in [2.45, 2.75) is 51.7 Å². The van der Waals surface area contributed by atoms with E-state index in [0.29, 0.717) is 42.6 Å². The van der Waals surface area contributed by atoms with Crippen LogP contribution in [0, 0.1) is 5.41 Å². The zero-order valence-electron chi connectivity index (χ0n) is 23.0. The van der Waals surface area contributed by atoms with Crippen LogP contribution in [0.25, 0.3) is 11.1 Å². The minimum atomic E-state index is -5.91. The van der Waals surface area contributed by atoms with Gasteiger partial charge in [0.1, 0.15) is 5.75 Å². The highest BCUT2D eigenvalue weighted by Gasteiger charge is 2.49. The Balaban J connectivity index is 1.70. The lowest BCUT2D eigenvalue weighted by Gasteiger charge is -2.42. The average molecular weight is 590 g/mol. The molecule has 0 saturated carbocycles. The van der Waals surface area contributed by atoms with Crippen LogP contribution in [0.15, 0.2) is 54.6 Å². The Hall–Kier alpha value is -3.57. The number of carbonyl (C=O) groups is 1. The van der Waals surface area contributed by atoms with Gasteiger partial charge >= 0.3 is 21.6 Å². The van der Waals surface area contributed by atoms with Crippen molar-refractivity contribution in [1.29, 1.82) is 0 Å². The third kappa shape index (κ3) is 5.52. The largest absolute Gasteiger partial charge is 0.534 e. The number of alkyl halides is 3. The lowest BCUT2D eigenvalue weighted by molar-refractivity contribution is -0.143. The molecule has 218 valence electrons. The van der Waals surface area contributed by atoms with E-state index >= 15 is 0 Å². The van der Waals surface area contributed by atoms with Crippen LogP contribution < -0.4 is 13.7 Å². The summed E-state index contributed by atoms with van der Waals surface area (Å²) in [5.41, 5.74) is -2.16. The third-order valence-corrected chi connectivity index (χ3v) is 8.30. The second-order valence-electron chi connectivity index (χ2n) is 11.2. The molecule has 0 fully saturated rings. The van der Waals surface area contributed by atoms with Crippen molar-refractivity contribution in [3.63, 3.8) is 0 Å². The number of methoxy groups -OCH3 is 1. The Morgan fingerprint density at radius 3 is 2.37 bits per heavy atom. The summed E-state index contributed by atoms with van der Waals surface area (Å²) in [5, 5.41) is 0. The second-order valence-corrected chi connectivity index (χ2v) is 12.8. The maximum Gasteiger partial charge on any atom is 0.534 e. The Morgan fingerprint density at radius 2 is 1.73 bits per heavy atom. The van der Waals surface area contributed by atoms with Gasteiger partial charge in [-0.05, 0) is 79.6 Å². The van der Waals surface area contributed by atoms with E-state index in [2.05, 4.69) is 9.08 Å². The predicted molar refractivity (Wildman–Crippen MR) is 146 cm³/mol. The summed E-state index contributed by atoms with van der Waals surface area (Å²) in [6.07, 6.45) is 0.985. The number of halogens is 3. The molecule has 1 heterocycles. The first kappa shape index (κ1) is 28.9. The van der Waals surface area contributed by atoms with Crippen molar-refractivity contribution in [1.82, 2.24) is 4.90 Å². The van der Waals surface area contributed by atoms with E-state index in [9.17, 15) is 26.4 Å². The maximum absolute atomic E-state index is 13.2. The van der Waals surface area contributed by atoms with Gasteiger partial charge in [-0.2, -0.15) is 21.6 Å². The molecule has 0 N–H and O–H groups in total. The fraction of sp³-hybridized carbons (Fsp3) is 0.367. The minimum Gasteiger partial charge on any atom is -0.493 e. The van der Waals surface area contributed by atoms with Crippen LogP contribution >= 0.6 is 0 Å². The van der Waals surface area contributed by atoms with Crippen LogP contribution in [0.5, 0.6) is 17.2 Å². The lowest BCUT2D eigenvalue weighted by Crippen LogP contribution is -2.38. The quantitative estimate of drug-likeness (QED) is 0.147. The van der Waals surface area contributed by atoms with Crippen molar-refractivity contribution < 1.29 is 40.0 Å². The molecule has 0 saturated heterocycles. The van der Waals surface area contributed by atoms with E-state index in [0.717, 1.165) is 16.7 Å². The molecule has 0 amide bonds. The number of carbonyl (C=O) groups excluding carboxylic acids is 1. The Kier molecular flexibility index (Phi) is 7.31. The molecule has 1 aliphatic carbocycles. The summed E-state index contributed by atoms with van der Waals surface area (Å²) in [5.74, 6) is -0.602. The van der Waals surface area contributed by atoms with Crippen molar-refractivity contribution in [2.24, 2.45) is 5.41 Å². The maximum atomic E-state index is 13.2. The van der Waals surface area contributed by atoms with Crippen LogP contribution in [0.1, 0.15) is 49.1 Å². The van der Waals surface area contributed by atoms with Gasteiger partial charge in [0, 0.05) is 24.7 Å². The number of hydrogen-bond acceptors (Lipinski definition) is 7. The normalized spacial score (nSPS) is 16.9. The van der Waals surface area contributed by atoms with Crippen molar-refractivity contribution in [2.75, 3.05) is 13.7 Å². The highest BCUT2D eigenvalue weighted by atomic mass is 32.2. The van der Waals surface area contributed by atoms with Gasteiger partial charge in [-0.25, -0.2) is 0 Å². The van der Waals surface area contributed by atoms with Gasteiger partial charge in [0.05, 0.1) is 12.5 Å². The predicted octanol–water partition coefficient (Wildman–Crippen LogP) is 6.20. The summed E-state index contributed by atoms with van der Waals surface area (Å²) in [6, 6.07) is 15.9. The smallest absolute Gasteiger partial charge is 0.493 e. The monoisotopic (exact) mass is 589 g/mol. The van der Waals surface area contributed by atoms with Crippen molar-refractivity contribution in [3.05, 3.63) is 76.9 Å². The van der Waals surface area contributed by atoms with Gasteiger partial charge in [0.25, 0.3) is 0 Å². The van der Waals surface area contributed by atoms with Crippen LogP contribution in [0.2, 0.25) is 0 Å². The van der Waals surface area contributed by atoms with Crippen LogP contribution in [-0.2, 0) is 34.3 Å². The summed E-state index contributed by atoms with van der Waals surface area (Å²) in [4.78, 5) is 15.3. The van der Waals surface area contributed by atoms with Gasteiger partial charge in [0.15, 0.2) is 11.5 Å². The van der Waals surface area contributed by atoms with Gasteiger partial charge < -0.3 is 13.7 Å². The first-order valence-electron chi connectivity index (χ1n) is 13.1. The van der Waals surface area contributed by atoms with Crippen molar-refractivity contribution >= 4 is 16.1 Å². The molecule has 3 aromatic carbocycles. The summed E-state index contributed by atoms with van der Waals surface area (Å²) in [6.45, 7) is 6.34. The Labute approximate surface area is 237 Å². The van der Waals surface area contributed by atoms with E-state index in [1.54, 1.807) is 26.8 Å². The number of nitrogens with zero attached hydrogens (tertiary/aromatic N) is 1. The van der Waals surface area contributed by atoms with Gasteiger partial charge in [-0.15, -0.1) is 0 Å². The van der Waals surface area contributed by atoms with Crippen LogP contribution in [0.3, 0.4) is 0 Å². The molecule has 0 bridgehead atoms. The molecule has 7 nitrogen and oxygen atoms in total. The molecule has 0 spiro atoms. The van der Waals surface area contributed by atoms with Crippen LogP contribution in [-0.4, -0.2) is 38.4 Å². The Bertz CT molecular complexity index is 1600. The molecule has 1 unspecified atom stereocenters. The molecule has 1 atom stereocenters. The fourth-order valence-electron chi connectivity index (χ4n) is 5.34. The van der Waals surface area contributed by atoms with E-state index in [1.807, 2.05) is 36.4 Å². The molecule has 41 heavy (non-hydrogen) atoms. The molecule has 5 rings (SSSR count). The fourth-order valence-corrected chi connectivity index (χ4v) is 5.78. The summed E-state index contributed by atoms with van der Waals surface area (Å²) < 4.78 is 79.6. The highest BCUT2D eigenvalue weighted by Crippen LogP contribution is 2.53. The number of fused-ring (bicyclic) bond motifs is 2. The standard InChI is InChI=1S/C30H30F3NO6S/c1-29(2,3)28(35)39-27-24(38-4)11-10-19-15-23-25-20(12-13-34(23)17-18-8-6-5-7-9-18)14-21(16-22(25)26(19)27)40-41(36,37)30(31,32)33/h5-11,14,16,23H,12-13,15,17H2,1-4H3. The molecule has 2 aliphatic rings. The molecule has 0 radical (unpaired) electrons. The van der Waals surface area contributed by atoms with E-state index < -0.39 is 32.8 Å². The van der Waals surface area contributed by atoms with Gasteiger partial charge in [-0.1, -0.05) is 36.4 Å². The molecule has 11 heteroatoms. The SMILES string of the molecule is COc1ccc2c(c1OC(=O)C(C)(C)C)-c1cc(OS(=O)(=O)C(F)(F)F)cc3c1C(C2)N(Cc1ccccc1)CC3. The minimum absolute atomic E-state index is 0.126. The lowest BCUT2D eigenvalue weighted by atomic mass is 9.76. The highest BCUT2D eigenvalue weighted by molar-refractivity contribution is 7.88. The third-order valence-electron chi connectivity index (χ3n) is 7.32. The molecule has 3 aromatic rings. The Morgan fingerprint density at radius 1 is 1.02 bits per heavy atom. The number of hydrogen-bond donors (Lipinski definition) is 0. The van der Waals surface area contributed by atoms with Crippen molar-refractivity contribution in [3.8, 4) is 28.4 Å². The first-order chi connectivity index (χ1) is 19.2. The molecular formula is C30H30F3NO6S. The zero-order chi connectivity index (χ0) is 29.7. The first-order valence-corrected chi connectivity index (χ1v) is 14.5. The van der Waals surface area contributed by atoms with Gasteiger partial charge in [-0.3, -0.25) is 9.69 Å². The van der Waals surface area contributed by atoms with Crippen LogP contribution in [0.4, 0.5) is 13.2 Å². The van der Waals surface area contributed by atoms with E-state index in [-0.39, 0.29) is 17.5 Å². The van der Waals surface area contributed by atoms with Gasteiger partial charge in [0.2, 0.25) is 0 Å². The number of rotatable bonds is 6. The molecular weight excluding hydrogens is 559 g/mol. The van der Waals surface area contributed by atoms with E-state index in [4.69, 9.17) is 9.47 Å².